The number of rotatable bonds is 9. The van der Waals surface area contributed by atoms with E-state index in [0.29, 0.717) is 10.8 Å². The molecule has 4 bridgehead atoms. The van der Waals surface area contributed by atoms with Gasteiger partial charge in [0.1, 0.15) is 0 Å². The molecule has 0 amide bonds. The highest BCUT2D eigenvalue weighted by Gasteiger charge is 2.59. The molecule has 8 atom stereocenters. The number of hydrogen-bond donors (Lipinski definition) is 0. The molecule has 210 valence electrons. The number of terminal acetylenes is 1. The van der Waals surface area contributed by atoms with Gasteiger partial charge in [0.05, 0.1) is 0 Å². The van der Waals surface area contributed by atoms with E-state index in [-0.39, 0.29) is 0 Å². The van der Waals surface area contributed by atoms with Crippen LogP contribution >= 0.6 is 0 Å². The van der Waals surface area contributed by atoms with Crippen molar-refractivity contribution in [3.8, 4) is 12.3 Å². The van der Waals surface area contributed by atoms with E-state index in [1.165, 1.54) is 55.8 Å². The highest BCUT2D eigenvalue weighted by atomic mass is 28.5. The Kier molecular flexibility index (Phi) is 7.39. The summed E-state index contributed by atoms with van der Waals surface area (Å²) in [6.45, 7) is 22.2. The number of fused-ring (bicyclic) bond motifs is 4. The summed E-state index contributed by atoms with van der Waals surface area (Å²) < 4.78 is 15.0. The summed E-state index contributed by atoms with van der Waals surface area (Å²) in [5, 5.41) is 1.42. The summed E-state index contributed by atoms with van der Waals surface area (Å²) in [6.07, 6.45) is 14.1. The molecule has 6 fully saturated rings. The second-order valence-electron chi connectivity index (χ2n) is 16.2. The maximum absolute atomic E-state index is 7.77. The predicted molar refractivity (Wildman–Crippen MR) is 169 cm³/mol. The van der Waals surface area contributed by atoms with Gasteiger partial charge < -0.3 is 8.23 Å². The molecule has 0 N–H and O–H groups in total. The van der Waals surface area contributed by atoms with E-state index in [0.717, 1.165) is 41.1 Å². The fourth-order valence-corrected chi connectivity index (χ4v) is 24.8. The lowest BCUT2D eigenvalue weighted by atomic mass is 9.46. The van der Waals surface area contributed by atoms with Gasteiger partial charge in [0, 0.05) is 5.56 Å². The molecule has 6 saturated carbocycles. The third-order valence-electron chi connectivity index (χ3n) is 11.9. The molecule has 6 aliphatic rings. The predicted octanol–water partition coefficient (Wildman–Crippen LogP) is 8.53. The van der Waals surface area contributed by atoms with Crippen molar-refractivity contribution in [2.45, 2.75) is 111 Å². The molecule has 38 heavy (non-hydrogen) atoms. The summed E-state index contributed by atoms with van der Waals surface area (Å²) in [6, 6.07) is 11.3. The van der Waals surface area contributed by atoms with Crippen LogP contribution in [0.4, 0.5) is 0 Å². The largest absolute Gasteiger partial charge is 0.437 e. The molecule has 0 heterocycles. The Morgan fingerprint density at radius 2 is 1.26 bits per heavy atom. The third kappa shape index (κ3) is 5.22. The zero-order valence-electron chi connectivity index (χ0n) is 25.8. The van der Waals surface area contributed by atoms with Crippen molar-refractivity contribution in [3.63, 3.8) is 0 Å². The van der Waals surface area contributed by atoms with Crippen LogP contribution in [0.15, 0.2) is 24.3 Å². The quantitative estimate of drug-likeness (QED) is 0.220. The lowest BCUT2D eigenvalue weighted by Gasteiger charge is -2.62. The minimum absolute atomic E-state index is 0.496. The fourth-order valence-electron chi connectivity index (χ4n) is 9.76. The van der Waals surface area contributed by atoms with Crippen LogP contribution in [-0.4, -0.2) is 25.2 Å². The summed E-state index contributed by atoms with van der Waals surface area (Å²) in [5.74, 6) is 7.91. The van der Waals surface area contributed by atoms with Crippen LogP contribution in [0.25, 0.3) is 0 Å². The van der Waals surface area contributed by atoms with E-state index in [9.17, 15) is 0 Å². The van der Waals surface area contributed by atoms with Gasteiger partial charge in [-0.05, 0) is 141 Å². The molecule has 1 aromatic rings. The molecule has 1 aromatic carbocycles. The number of hydrogen-bond acceptors (Lipinski definition) is 2. The van der Waals surface area contributed by atoms with Crippen LogP contribution in [0.5, 0.6) is 0 Å². The first-order chi connectivity index (χ1) is 17.6. The topological polar surface area (TPSA) is 18.5 Å². The van der Waals surface area contributed by atoms with Crippen molar-refractivity contribution >= 4 is 30.4 Å². The van der Waals surface area contributed by atoms with E-state index in [1.807, 2.05) is 0 Å². The van der Waals surface area contributed by atoms with Crippen molar-refractivity contribution in [2.75, 3.05) is 0 Å². The lowest BCUT2D eigenvalue weighted by molar-refractivity contribution is -0.101. The van der Waals surface area contributed by atoms with Gasteiger partial charge in [-0.2, -0.15) is 0 Å². The second kappa shape index (κ2) is 9.72. The van der Waals surface area contributed by atoms with Crippen molar-refractivity contribution in [1.29, 1.82) is 0 Å². The third-order valence-corrected chi connectivity index (χ3v) is 23.7. The van der Waals surface area contributed by atoms with Gasteiger partial charge in [-0.25, -0.2) is 0 Å². The van der Waals surface area contributed by atoms with E-state index >= 15 is 0 Å². The van der Waals surface area contributed by atoms with Crippen LogP contribution in [0, 0.1) is 58.7 Å². The van der Waals surface area contributed by atoms with Gasteiger partial charge >= 0.3 is 8.56 Å². The molecule has 0 radical (unpaired) electrons. The van der Waals surface area contributed by atoms with E-state index in [4.69, 9.17) is 14.7 Å². The van der Waals surface area contributed by atoms with Gasteiger partial charge in [0.25, 0.3) is 0 Å². The minimum atomic E-state index is -2.44. The zero-order valence-corrected chi connectivity index (χ0v) is 28.8. The summed E-state index contributed by atoms with van der Waals surface area (Å²) in [5.41, 5.74) is 1.96. The monoisotopic (exact) mass is 566 g/mol. The fraction of sp³-hybridized carbons (Fsp3) is 0.758. The van der Waals surface area contributed by atoms with Crippen molar-refractivity contribution < 1.29 is 8.23 Å². The minimum Gasteiger partial charge on any atom is -0.437 e. The Hall–Kier alpha value is -0.649. The van der Waals surface area contributed by atoms with Gasteiger partial charge in [-0.3, -0.25) is 0 Å². The van der Waals surface area contributed by atoms with Crippen LogP contribution in [0.2, 0.25) is 44.8 Å². The molecule has 2 nitrogen and oxygen atoms in total. The Bertz CT molecular complexity index is 1060. The van der Waals surface area contributed by atoms with Crippen molar-refractivity contribution in [2.24, 2.45) is 46.3 Å². The normalized spacial score (nSPS) is 36.1. The van der Waals surface area contributed by atoms with Crippen LogP contribution in [-0.2, 0) is 8.23 Å². The molecule has 4 unspecified atom stereocenters. The van der Waals surface area contributed by atoms with Crippen LogP contribution < -0.4 is 5.19 Å². The van der Waals surface area contributed by atoms with E-state index < -0.39 is 25.2 Å². The molecular formula is C33H54O2Si3. The van der Waals surface area contributed by atoms with E-state index in [1.54, 1.807) is 0 Å². The molecule has 7 rings (SSSR count). The summed E-state index contributed by atoms with van der Waals surface area (Å²) in [7, 11) is -6.53. The number of benzene rings is 1. The first-order valence-electron chi connectivity index (χ1n) is 15.5. The molecule has 5 heteroatoms. The lowest BCUT2D eigenvalue weighted by Crippen LogP contribution is -2.63. The van der Waals surface area contributed by atoms with Gasteiger partial charge in [0.2, 0.25) is 8.32 Å². The SMILES string of the molecule is C#Cc1ccc([Si](C)(CC2CC[C@@H]3C[C@H]2C3(C)C)O[Si](C)(CC2CC[C@@H]3C[C@H]2C3(C)C)O[Si](C)(C)C)cc1. The average Bonchev–Trinajstić information content (AvgIpc) is 2.82. The second-order valence-corrected chi connectivity index (χ2v) is 28.2. The van der Waals surface area contributed by atoms with Crippen LogP contribution in [0.1, 0.15) is 71.8 Å². The smallest absolute Gasteiger partial charge is 0.314 e. The highest BCUT2D eigenvalue weighted by Crippen LogP contribution is 2.64. The van der Waals surface area contributed by atoms with Crippen molar-refractivity contribution in [1.82, 2.24) is 0 Å². The zero-order chi connectivity index (χ0) is 27.7. The molecule has 0 aromatic heterocycles. The maximum Gasteiger partial charge on any atom is 0.314 e. The van der Waals surface area contributed by atoms with Gasteiger partial charge in [-0.15, -0.1) is 6.42 Å². The molecule has 0 saturated heterocycles. The molecule has 0 spiro atoms. The van der Waals surface area contributed by atoms with Gasteiger partial charge in [-0.1, -0.05) is 52.2 Å². The first-order valence-corrected chi connectivity index (χ1v) is 24.1. The Morgan fingerprint density at radius 3 is 1.68 bits per heavy atom. The Morgan fingerprint density at radius 1 is 0.763 bits per heavy atom. The summed E-state index contributed by atoms with van der Waals surface area (Å²) in [4.78, 5) is 0. The standard InChI is InChI=1S/C33H54O2Si3/c1-11-24-12-18-29(19-13-24)37(9,22-25-14-16-27-20-30(25)32(27,2)3)35-38(10,34-36(6,7)8)23-26-15-17-28-21-31(26)33(28,4)5/h1,12-13,18-19,25-28,30-31H,14-17,20-23H2,2-10H3/t25?,26?,27-,28-,30-,31-,37?,38?/m1/s1. The molecule has 6 aliphatic carbocycles. The maximum atomic E-state index is 7.77. The van der Waals surface area contributed by atoms with E-state index in [2.05, 4.69) is 90.6 Å². The molecule has 0 aliphatic heterocycles. The van der Waals surface area contributed by atoms with Crippen molar-refractivity contribution in [3.05, 3.63) is 29.8 Å². The summed E-state index contributed by atoms with van der Waals surface area (Å²) >= 11 is 0. The average molecular weight is 567 g/mol. The molecular weight excluding hydrogens is 513 g/mol. The Labute approximate surface area is 237 Å². The Balaban J connectivity index is 1.46. The van der Waals surface area contributed by atoms with Crippen LogP contribution in [0.3, 0.4) is 0 Å². The first kappa shape index (κ1) is 28.9. The highest BCUT2D eigenvalue weighted by molar-refractivity contribution is 6.94. The van der Waals surface area contributed by atoms with Gasteiger partial charge in [0.15, 0.2) is 8.32 Å².